The number of rotatable bonds is 2. The van der Waals surface area contributed by atoms with Gasteiger partial charge in [-0.3, -0.25) is 4.68 Å². The van der Waals surface area contributed by atoms with Crippen molar-refractivity contribution >= 4 is 11.6 Å². The molecule has 0 aliphatic carbocycles. The minimum Gasteiger partial charge on any atom is -0.391 e. The van der Waals surface area contributed by atoms with Crippen molar-refractivity contribution in [2.24, 2.45) is 0 Å². The molecule has 1 aromatic rings. The van der Waals surface area contributed by atoms with Gasteiger partial charge in [0, 0.05) is 6.20 Å². The van der Waals surface area contributed by atoms with Crippen LogP contribution in [0.15, 0.2) is 12.4 Å². The molecule has 0 amide bonds. The van der Waals surface area contributed by atoms with Gasteiger partial charge >= 0.3 is 0 Å². The summed E-state index contributed by atoms with van der Waals surface area (Å²) in [5, 5.41) is 13.7. The molecule has 0 saturated heterocycles. The van der Waals surface area contributed by atoms with Crippen molar-refractivity contribution in [2.75, 3.05) is 0 Å². The maximum atomic E-state index is 9.18. The highest BCUT2D eigenvalue weighted by Gasteiger charge is 2.10. The van der Waals surface area contributed by atoms with Crippen LogP contribution in [0.5, 0.6) is 0 Å². The van der Waals surface area contributed by atoms with E-state index in [9.17, 15) is 5.11 Å². The number of aromatic nitrogens is 2. The summed E-state index contributed by atoms with van der Waals surface area (Å²) in [4.78, 5) is 0. The molecule has 0 spiro atoms. The fourth-order valence-electron chi connectivity index (χ4n) is 0.759. The fourth-order valence-corrected chi connectivity index (χ4v) is 0.902. The van der Waals surface area contributed by atoms with Gasteiger partial charge in [-0.05, 0) is 13.8 Å². The van der Waals surface area contributed by atoms with Crippen molar-refractivity contribution in [3.63, 3.8) is 0 Å². The van der Waals surface area contributed by atoms with Gasteiger partial charge in [-0.2, -0.15) is 5.10 Å². The molecule has 0 saturated carbocycles. The highest BCUT2D eigenvalue weighted by atomic mass is 35.5. The molecule has 1 aromatic heterocycles. The van der Waals surface area contributed by atoms with Crippen LogP contribution in [0.25, 0.3) is 0 Å². The van der Waals surface area contributed by atoms with Gasteiger partial charge in [0.05, 0.1) is 23.4 Å². The predicted molar refractivity (Wildman–Crippen MR) is 43.6 cm³/mol. The summed E-state index contributed by atoms with van der Waals surface area (Å²) in [7, 11) is 0. The normalized spacial score (nSPS) is 16.4. The zero-order valence-electron chi connectivity index (χ0n) is 6.53. The first kappa shape index (κ1) is 8.56. The van der Waals surface area contributed by atoms with Crippen LogP contribution in [0.3, 0.4) is 0 Å². The number of aliphatic hydroxyl groups is 1. The van der Waals surface area contributed by atoms with Crippen molar-refractivity contribution < 1.29 is 5.11 Å². The molecule has 0 aliphatic heterocycles. The van der Waals surface area contributed by atoms with E-state index in [-0.39, 0.29) is 6.04 Å². The molecule has 1 N–H and O–H groups in total. The Morgan fingerprint density at radius 2 is 2.27 bits per heavy atom. The Labute approximate surface area is 70.6 Å². The van der Waals surface area contributed by atoms with E-state index in [2.05, 4.69) is 5.10 Å². The third-order valence-electron chi connectivity index (χ3n) is 1.69. The Bertz CT molecular complexity index is 234. The van der Waals surface area contributed by atoms with E-state index in [4.69, 9.17) is 11.6 Å². The SMILES string of the molecule is CC(O)C(C)n1cc(Cl)cn1. The lowest BCUT2D eigenvalue weighted by atomic mass is 10.2. The molecule has 2 atom stereocenters. The predicted octanol–water partition coefficient (Wildman–Crippen LogP) is 1.48. The quantitative estimate of drug-likeness (QED) is 0.738. The average Bonchev–Trinajstić information content (AvgIpc) is 2.34. The summed E-state index contributed by atoms with van der Waals surface area (Å²) < 4.78 is 1.65. The number of hydrogen-bond donors (Lipinski definition) is 1. The van der Waals surface area contributed by atoms with Crippen LogP contribution in [0.1, 0.15) is 19.9 Å². The lowest BCUT2D eigenvalue weighted by molar-refractivity contribution is 0.132. The molecule has 4 heteroatoms. The Kier molecular flexibility index (Phi) is 2.52. The van der Waals surface area contributed by atoms with E-state index < -0.39 is 6.10 Å². The standard InChI is InChI=1S/C7H11ClN2O/c1-5(6(2)11)10-4-7(8)3-9-10/h3-6,11H,1-2H3. The second kappa shape index (κ2) is 3.24. The summed E-state index contributed by atoms with van der Waals surface area (Å²) in [5.74, 6) is 0. The van der Waals surface area contributed by atoms with Crippen LogP contribution in [0, 0.1) is 0 Å². The lowest BCUT2D eigenvalue weighted by Gasteiger charge is -2.14. The third kappa shape index (κ3) is 1.94. The number of nitrogens with zero attached hydrogens (tertiary/aromatic N) is 2. The van der Waals surface area contributed by atoms with Gasteiger partial charge in [-0.15, -0.1) is 0 Å². The number of hydrogen-bond acceptors (Lipinski definition) is 2. The van der Waals surface area contributed by atoms with Crippen LogP contribution in [0.4, 0.5) is 0 Å². The molecule has 1 rings (SSSR count). The Morgan fingerprint density at radius 1 is 1.64 bits per heavy atom. The Balaban J connectivity index is 2.76. The van der Waals surface area contributed by atoms with Gasteiger partial charge in [0.1, 0.15) is 0 Å². The summed E-state index contributed by atoms with van der Waals surface area (Å²) in [5.41, 5.74) is 0. The second-order valence-electron chi connectivity index (χ2n) is 2.62. The molecule has 0 fully saturated rings. The molecule has 0 aliphatic rings. The molecular weight excluding hydrogens is 164 g/mol. The Hall–Kier alpha value is -0.540. The van der Waals surface area contributed by atoms with Gasteiger partial charge < -0.3 is 5.11 Å². The van der Waals surface area contributed by atoms with Gasteiger partial charge in [-0.25, -0.2) is 0 Å². The van der Waals surface area contributed by atoms with Gasteiger partial charge in [0.25, 0.3) is 0 Å². The summed E-state index contributed by atoms with van der Waals surface area (Å²) in [6.07, 6.45) is 2.84. The largest absolute Gasteiger partial charge is 0.391 e. The third-order valence-corrected chi connectivity index (χ3v) is 1.88. The zero-order chi connectivity index (χ0) is 8.43. The molecule has 11 heavy (non-hydrogen) atoms. The van der Waals surface area contributed by atoms with Gasteiger partial charge in [-0.1, -0.05) is 11.6 Å². The molecule has 0 bridgehead atoms. The van der Waals surface area contributed by atoms with Crippen LogP contribution in [-0.2, 0) is 0 Å². The van der Waals surface area contributed by atoms with Crippen molar-refractivity contribution in [2.45, 2.75) is 26.0 Å². The minimum atomic E-state index is -0.411. The van der Waals surface area contributed by atoms with Gasteiger partial charge in [0.2, 0.25) is 0 Å². The summed E-state index contributed by atoms with van der Waals surface area (Å²) in [6, 6.07) is -0.0255. The van der Waals surface area contributed by atoms with Crippen LogP contribution in [0.2, 0.25) is 5.02 Å². The first-order valence-corrected chi connectivity index (χ1v) is 3.87. The maximum absolute atomic E-state index is 9.18. The summed E-state index contributed by atoms with van der Waals surface area (Å²) in [6.45, 7) is 3.61. The Morgan fingerprint density at radius 3 is 2.64 bits per heavy atom. The first-order valence-electron chi connectivity index (χ1n) is 3.49. The fraction of sp³-hybridized carbons (Fsp3) is 0.571. The number of aliphatic hydroxyl groups excluding tert-OH is 1. The van der Waals surface area contributed by atoms with Crippen LogP contribution in [-0.4, -0.2) is 21.0 Å². The first-order chi connectivity index (χ1) is 5.11. The minimum absolute atomic E-state index is 0.0255. The van der Waals surface area contributed by atoms with E-state index in [1.165, 1.54) is 0 Å². The zero-order valence-corrected chi connectivity index (χ0v) is 7.28. The molecule has 1 heterocycles. The van der Waals surface area contributed by atoms with Crippen molar-refractivity contribution in [1.29, 1.82) is 0 Å². The molecular formula is C7H11ClN2O. The highest BCUT2D eigenvalue weighted by molar-refractivity contribution is 6.30. The van der Waals surface area contributed by atoms with E-state index in [0.29, 0.717) is 5.02 Å². The molecule has 3 nitrogen and oxygen atoms in total. The van der Waals surface area contributed by atoms with E-state index in [1.807, 2.05) is 6.92 Å². The second-order valence-corrected chi connectivity index (χ2v) is 3.06. The molecule has 0 aromatic carbocycles. The number of halogens is 1. The molecule has 62 valence electrons. The van der Waals surface area contributed by atoms with Crippen molar-refractivity contribution in [1.82, 2.24) is 9.78 Å². The maximum Gasteiger partial charge on any atom is 0.0785 e. The molecule has 0 radical (unpaired) electrons. The molecule has 2 unspecified atom stereocenters. The smallest absolute Gasteiger partial charge is 0.0785 e. The van der Waals surface area contributed by atoms with Crippen LogP contribution >= 0.6 is 11.6 Å². The highest BCUT2D eigenvalue weighted by Crippen LogP contribution is 2.13. The van der Waals surface area contributed by atoms with Gasteiger partial charge in [0.15, 0.2) is 0 Å². The topological polar surface area (TPSA) is 38.0 Å². The van der Waals surface area contributed by atoms with Crippen LogP contribution < -0.4 is 0 Å². The van der Waals surface area contributed by atoms with Crippen molar-refractivity contribution in [3.8, 4) is 0 Å². The van der Waals surface area contributed by atoms with E-state index >= 15 is 0 Å². The lowest BCUT2D eigenvalue weighted by Crippen LogP contribution is -2.18. The average molecular weight is 175 g/mol. The van der Waals surface area contributed by atoms with Crippen molar-refractivity contribution in [3.05, 3.63) is 17.4 Å². The van der Waals surface area contributed by atoms with E-state index in [0.717, 1.165) is 0 Å². The summed E-state index contributed by atoms with van der Waals surface area (Å²) >= 11 is 5.64. The van der Waals surface area contributed by atoms with E-state index in [1.54, 1.807) is 24.0 Å². The monoisotopic (exact) mass is 174 g/mol.